The first-order chi connectivity index (χ1) is 12.5. The highest BCUT2D eigenvalue weighted by Crippen LogP contribution is 2.42. The molecule has 6 heteroatoms. The van der Waals surface area contributed by atoms with Crippen LogP contribution < -0.4 is 10.2 Å². The average molecular weight is 366 g/mol. The third kappa shape index (κ3) is 2.86. The number of rotatable bonds is 3. The van der Waals surface area contributed by atoms with E-state index in [9.17, 15) is 4.39 Å². The van der Waals surface area contributed by atoms with Gasteiger partial charge in [0, 0.05) is 23.3 Å². The molecule has 0 spiro atoms. The highest BCUT2D eigenvalue weighted by Gasteiger charge is 2.41. The predicted octanol–water partition coefficient (Wildman–Crippen LogP) is 4.34. The van der Waals surface area contributed by atoms with Crippen LogP contribution in [0.25, 0.3) is 0 Å². The van der Waals surface area contributed by atoms with E-state index < -0.39 is 0 Å². The maximum atomic E-state index is 13.4. The number of nitrogens with one attached hydrogen (secondary N) is 2. The van der Waals surface area contributed by atoms with Gasteiger partial charge in [-0.2, -0.15) is 0 Å². The van der Waals surface area contributed by atoms with Gasteiger partial charge in [-0.3, -0.25) is 4.98 Å². The number of halogens is 1. The molecule has 1 aliphatic heterocycles. The molecular formula is C20H19FN4S. The van der Waals surface area contributed by atoms with Gasteiger partial charge in [-0.05, 0) is 74.1 Å². The van der Waals surface area contributed by atoms with E-state index in [2.05, 4.69) is 28.3 Å². The number of aryl methyl sites for hydroxylation is 2. The third-order valence-electron chi connectivity index (χ3n) is 4.71. The van der Waals surface area contributed by atoms with Crippen LogP contribution in [0.2, 0.25) is 0 Å². The minimum atomic E-state index is -0.265. The highest BCUT2D eigenvalue weighted by atomic mass is 32.1. The Morgan fingerprint density at radius 3 is 2.50 bits per heavy atom. The second kappa shape index (κ2) is 6.53. The third-order valence-corrected chi connectivity index (χ3v) is 5.03. The molecule has 2 atom stereocenters. The number of thiocarbonyl (C=S) groups is 1. The summed E-state index contributed by atoms with van der Waals surface area (Å²) in [5.41, 5.74) is 5.10. The van der Waals surface area contributed by atoms with E-state index in [1.807, 2.05) is 30.0 Å². The summed E-state index contributed by atoms with van der Waals surface area (Å²) in [7, 11) is 0. The van der Waals surface area contributed by atoms with Crippen LogP contribution in [0.15, 0.2) is 54.7 Å². The monoisotopic (exact) mass is 366 g/mol. The van der Waals surface area contributed by atoms with Crippen LogP contribution in [-0.2, 0) is 0 Å². The summed E-state index contributed by atoms with van der Waals surface area (Å²) >= 11 is 5.64. The summed E-state index contributed by atoms with van der Waals surface area (Å²) < 4.78 is 13.4. The van der Waals surface area contributed by atoms with Crippen molar-refractivity contribution < 1.29 is 4.39 Å². The van der Waals surface area contributed by atoms with Crippen molar-refractivity contribution in [2.45, 2.75) is 25.9 Å². The Labute approximate surface area is 157 Å². The van der Waals surface area contributed by atoms with Gasteiger partial charge in [0.15, 0.2) is 5.11 Å². The fourth-order valence-electron chi connectivity index (χ4n) is 3.60. The second-order valence-corrected chi connectivity index (χ2v) is 6.89. The Hall–Kier alpha value is -2.73. The largest absolute Gasteiger partial charge is 0.362 e. The van der Waals surface area contributed by atoms with Crippen molar-refractivity contribution in [2.24, 2.45) is 0 Å². The molecule has 3 aromatic rings. The molecule has 0 amide bonds. The van der Waals surface area contributed by atoms with E-state index in [0.717, 1.165) is 28.3 Å². The lowest BCUT2D eigenvalue weighted by Gasteiger charge is -2.28. The van der Waals surface area contributed by atoms with Crippen LogP contribution in [-0.4, -0.2) is 15.1 Å². The zero-order valence-corrected chi connectivity index (χ0v) is 15.3. The Bertz CT molecular complexity index is 936. The Morgan fingerprint density at radius 1 is 1.12 bits per heavy atom. The molecule has 1 aromatic carbocycles. The van der Waals surface area contributed by atoms with Crippen LogP contribution in [0.5, 0.6) is 0 Å². The number of anilines is 1. The number of pyridine rings is 1. The molecule has 0 saturated carbocycles. The highest BCUT2D eigenvalue weighted by molar-refractivity contribution is 7.80. The first kappa shape index (κ1) is 16.7. The number of aromatic nitrogens is 2. The molecule has 1 fully saturated rings. The molecule has 0 unspecified atom stereocenters. The zero-order valence-electron chi connectivity index (χ0n) is 14.5. The maximum absolute atomic E-state index is 13.4. The van der Waals surface area contributed by atoms with E-state index in [0.29, 0.717) is 5.11 Å². The van der Waals surface area contributed by atoms with Crippen molar-refractivity contribution in [1.82, 2.24) is 15.3 Å². The zero-order chi connectivity index (χ0) is 18.3. The molecule has 0 aliphatic carbocycles. The summed E-state index contributed by atoms with van der Waals surface area (Å²) in [6, 6.07) is 14.3. The molecule has 1 saturated heterocycles. The predicted molar refractivity (Wildman–Crippen MR) is 105 cm³/mol. The van der Waals surface area contributed by atoms with Gasteiger partial charge >= 0.3 is 0 Å². The molecular weight excluding hydrogens is 347 g/mol. The minimum absolute atomic E-state index is 0.0761. The summed E-state index contributed by atoms with van der Waals surface area (Å²) in [5, 5.41) is 4.01. The van der Waals surface area contributed by atoms with E-state index >= 15 is 0 Å². The number of hydrogen-bond acceptors (Lipinski definition) is 2. The van der Waals surface area contributed by atoms with Gasteiger partial charge < -0.3 is 15.2 Å². The summed E-state index contributed by atoms with van der Waals surface area (Å²) in [6.07, 6.45) is 1.78. The molecule has 1 aliphatic rings. The summed E-state index contributed by atoms with van der Waals surface area (Å²) in [5.74, 6) is -0.265. The number of nitrogens with zero attached hydrogens (tertiary/aromatic N) is 2. The van der Waals surface area contributed by atoms with Crippen molar-refractivity contribution in [3.8, 4) is 0 Å². The first-order valence-electron chi connectivity index (χ1n) is 8.47. The number of H-pyrrole nitrogens is 1. The van der Waals surface area contributed by atoms with Crippen molar-refractivity contribution in [1.29, 1.82) is 0 Å². The van der Waals surface area contributed by atoms with Crippen LogP contribution in [0.3, 0.4) is 0 Å². The van der Waals surface area contributed by atoms with Crippen LogP contribution >= 0.6 is 12.2 Å². The molecule has 4 rings (SSSR count). The lowest BCUT2D eigenvalue weighted by molar-refractivity contribution is 0.565. The molecule has 132 valence electrons. The molecule has 2 aromatic heterocycles. The molecule has 0 bridgehead atoms. The van der Waals surface area contributed by atoms with Gasteiger partial charge in [-0.25, -0.2) is 4.39 Å². The van der Waals surface area contributed by atoms with Crippen LogP contribution in [0.4, 0.5) is 10.1 Å². The van der Waals surface area contributed by atoms with E-state index in [1.165, 1.54) is 12.1 Å². The van der Waals surface area contributed by atoms with Gasteiger partial charge in [0.2, 0.25) is 0 Å². The molecule has 26 heavy (non-hydrogen) atoms. The maximum Gasteiger partial charge on any atom is 0.174 e. The summed E-state index contributed by atoms with van der Waals surface area (Å²) in [4.78, 5) is 9.95. The molecule has 0 radical (unpaired) electrons. The van der Waals surface area contributed by atoms with Crippen molar-refractivity contribution in [2.75, 3.05) is 4.90 Å². The summed E-state index contributed by atoms with van der Waals surface area (Å²) in [6.45, 7) is 4.09. The van der Waals surface area contributed by atoms with Gasteiger partial charge in [-0.15, -0.1) is 0 Å². The Balaban J connectivity index is 1.85. The smallest absolute Gasteiger partial charge is 0.174 e. The number of benzene rings is 1. The fourth-order valence-corrected chi connectivity index (χ4v) is 3.95. The van der Waals surface area contributed by atoms with Gasteiger partial charge in [0.05, 0.1) is 17.8 Å². The standard InChI is InChI=1S/C20H19FN4S/c1-12-11-16(13(2)23-12)19-18(17-5-3-4-10-22-17)24-20(26)25(19)15-8-6-14(21)7-9-15/h3-11,18-19,23H,1-2H3,(H,24,26)/t18-,19-/m0/s1. The normalized spacial score (nSPS) is 19.7. The van der Waals surface area contributed by atoms with Crippen molar-refractivity contribution in [3.05, 3.63) is 83.2 Å². The fraction of sp³-hybridized carbons (Fsp3) is 0.200. The molecule has 3 heterocycles. The van der Waals surface area contributed by atoms with E-state index in [-0.39, 0.29) is 17.9 Å². The SMILES string of the molecule is Cc1cc([C@H]2[C@H](c3ccccn3)NC(=S)N2c2ccc(F)cc2)c(C)[nH]1. The Kier molecular flexibility index (Phi) is 4.20. The first-order valence-corrected chi connectivity index (χ1v) is 8.88. The van der Waals surface area contributed by atoms with Crippen LogP contribution in [0, 0.1) is 19.7 Å². The molecule has 2 N–H and O–H groups in total. The quantitative estimate of drug-likeness (QED) is 0.677. The average Bonchev–Trinajstić information content (AvgIpc) is 3.15. The topological polar surface area (TPSA) is 44.0 Å². The van der Waals surface area contributed by atoms with Crippen LogP contribution in [0.1, 0.15) is 34.7 Å². The number of aromatic amines is 1. The van der Waals surface area contributed by atoms with E-state index in [1.54, 1.807) is 18.3 Å². The van der Waals surface area contributed by atoms with Crippen molar-refractivity contribution in [3.63, 3.8) is 0 Å². The Morgan fingerprint density at radius 2 is 1.88 bits per heavy atom. The molecule has 4 nitrogen and oxygen atoms in total. The van der Waals surface area contributed by atoms with Gasteiger partial charge in [0.1, 0.15) is 5.82 Å². The van der Waals surface area contributed by atoms with Crippen molar-refractivity contribution >= 4 is 23.0 Å². The van der Waals surface area contributed by atoms with Gasteiger partial charge in [-0.1, -0.05) is 6.07 Å². The second-order valence-electron chi connectivity index (χ2n) is 6.51. The minimum Gasteiger partial charge on any atom is -0.362 e. The van der Waals surface area contributed by atoms with E-state index in [4.69, 9.17) is 12.2 Å². The lowest BCUT2D eigenvalue weighted by atomic mass is 9.96. The lowest BCUT2D eigenvalue weighted by Crippen LogP contribution is -2.29. The number of hydrogen-bond donors (Lipinski definition) is 2. The van der Waals surface area contributed by atoms with Gasteiger partial charge in [0.25, 0.3) is 0 Å².